The Bertz CT molecular complexity index is 1250. The normalized spacial score (nSPS) is 31.4. The SMILES string of the molecule is c1ccc(C(O[C@H]2[C@H]3OC4(CCCCC4)O[C@@H]3O[C@@H]2[C@@H]2COC3(CCCCC3)O2)(c2ccccc2)c2ccccc2)cc1. The van der Waals surface area contributed by atoms with E-state index in [0.717, 1.165) is 68.1 Å². The largest absolute Gasteiger partial charge is 0.352 e. The van der Waals surface area contributed by atoms with Crippen LogP contribution in [0, 0.1) is 0 Å². The first-order valence-electron chi connectivity index (χ1n) is 16.4. The van der Waals surface area contributed by atoms with Gasteiger partial charge in [0.25, 0.3) is 0 Å². The van der Waals surface area contributed by atoms with Crippen LogP contribution in [0.2, 0.25) is 0 Å². The Labute approximate surface area is 254 Å². The molecule has 226 valence electrons. The fourth-order valence-corrected chi connectivity index (χ4v) is 8.14. The van der Waals surface area contributed by atoms with E-state index in [1.807, 2.05) is 0 Å². The molecule has 0 radical (unpaired) electrons. The van der Waals surface area contributed by atoms with Crippen molar-refractivity contribution in [3.05, 3.63) is 108 Å². The quantitative estimate of drug-likeness (QED) is 0.286. The van der Waals surface area contributed by atoms with Crippen molar-refractivity contribution >= 4 is 0 Å². The topological polar surface area (TPSA) is 55.4 Å². The van der Waals surface area contributed by atoms with Crippen molar-refractivity contribution in [2.75, 3.05) is 6.61 Å². The summed E-state index contributed by atoms with van der Waals surface area (Å²) in [6.07, 6.45) is 8.45. The van der Waals surface area contributed by atoms with Crippen LogP contribution in [0.15, 0.2) is 91.0 Å². The van der Waals surface area contributed by atoms with Gasteiger partial charge in [-0.1, -0.05) is 104 Å². The minimum Gasteiger partial charge on any atom is -0.352 e. The first-order chi connectivity index (χ1) is 21.2. The highest BCUT2D eigenvalue weighted by molar-refractivity contribution is 5.47. The first-order valence-corrected chi connectivity index (χ1v) is 16.4. The van der Waals surface area contributed by atoms with Crippen LogP contribution in [0.4, 0.5) is 0 Å². The molecule has 5 aliphatic rings. The molecule has 8 rings (SSSR count). The Hall–Kier alpha value is -2.58. The molecule has 0 unspecified atom stereocenters. The molecule has 3 heterocycles. The van der Waals surface area contributed by atoms with Crippen LogP contribution in [-0.4, -0.2) is 48.9 Å². The lowest BCUT2D eigenvalue weighted by atomic mass is 9.79. The van der Waals surface area contributed by atoms with Gasteiger partial charge in [0.15, 0.2) is 17.9 Å². The van der Waals surface area contributed by atoms with Crippen molar-refractivity contribution < 1.29 is 28.4 Å². The lowest BCUT2D eigenvalue weighted by Crippen LogP contribution is -2.50. The first kappa shape index (κ1) is 27.9. The number of hydrogen-bond acceptors (Lipinski definition) is 6. The molecule has 2 spiro atoms. The average Bonchev–Trinajstić information content (AvgIpc) is 3.73. The van der Waals surface area contributed by atoms with Gasteiger partial charge >= 0.3 is 0 Å². The van der Waals surface area contributed by atoms with Gasteiger partial charge < -0.3 is 28.4 Å². The third-order valence-corrected chi connectivity index (χ3v) is 10.2. The summed E-state index contributed by atoms with van der Waals surface area (Å²) in [6.45, 7) is 0.476. The molecule has 5 atom stereocenters. The van der Waals surface area contributed by atoms with Crippen molar-refractivity contribution in [3.8, 4) is 0 Å². The van der Waals surface area contributed by atoms with Gasteiger partial charge in [-0.3, -0.25) is 0 Å². The Morgan fingerprint density at radius 2 is 1.07 bits per heavy atom. The van der Waals surface area contributed by atoms with Crippen molar-refractivity contribution in [2.45, 2.75) is 112 Å². The molecule has 6 nitrogen and oxygen atoms in total. The van der Waals surface area contributed by atoms with Crippen molar-refractivity contribution in [3.63, 3.8) is 0 Å². The minimum atomic E-state index is -0.918. The summed E-state index contributed by atoms with van der Waals surface area (Å²) in [4.78, 5) is 0. The van der Waals surface area contributed by atoms with Gasteiger partial charge in [-0.25, -0.2) is 0 Å². The van der Waals surface area contributed by atoms with Crippen molar-refractivity contribution in [1.29, 1.82) is 0 Å². The van der Waals surface area contributed by atoms with E-state index >= 15 is 0 Å². The number of rotatable bonds is 6. The molecule has 3 aromatic rings. The molecule has 43 heavy (non-hydrogen) atoms. The van der Waals surface area contributed by atoms with Crippen LogP contribution >= 0.6 is 0 Å². The van der Waals surface area contributed by atoms with Crippen molar-refractivity contribution in [2.24, 2.45) is 0 Å². The summed E-state index contributed by atoms with van der Waals surface area (Å²) in [6, 6.07) is 31.6. The molecule has 0 aromatic heterocycles. The van der Waals surface area contributed by atoms with Crippen LogP contribution in [0.3, 0.4) is 0 Å². The van der Waals surface area contributed by atoms with Gasteiger partial charge in [-0.05, 0) is 42.4 Å². The van der Waals surface area contributed by atoms with Gasteiger partial charge in [-0.2, -0.15) is 0 Å². The van der Waals surface area contributed by atoms with Gasteiger partial charge in [0.1, 0.15) is 30.0 Å². The molecule has 0 amide bonds. The highest BCUT2D eigenvalue weighted by Crippen LogP contribution is 2.51. The number of fused-ring (bicyclic) bond motifs is 1. The molecule has 2 saturated carbocycles. The van der Waals surface area contributed by atoms with Crippen molar-refractivity contribution in [1.82, 2.24) is 0 Å². The van der Waals surface area contributed by atoms with Gasteiger partial charge in [0, 0.05) is 25.7 Å². The lowest BCUT2D eigenvalue weighted by Gasteiger charge is -2.41. The van der Waals surface area contributed by atoms with E-state index in [4.69, 9.17) is 28.4 Å². The third kappa shape index (κ3) is 4.97. The fourth-order valence-electron chi connectivity index (χ4n) is 8.14. The molecule has 3 saturated heterocycles. The minimum absolute atomic E-state index is 0.275. The Balaban J connectivity index is 1.22. The predicted octanol–water partition coefficient (Wildman–Crippen LogP) is 7.24. The molecule has 3 aliphatic heterocycles. The van der Waals surface area contributed by atoms with E-state index in [1.165, 1.54) is 12.8 Å². The van der Waals surface area contributed by atoms with Gasteiger partial charge in [0.05, 0.1) is 6.61 Å². The monoisotopic (exact) mass is 582 g/mol. The Kier molecular flexibility index (Phi) is 7.41. The molecule has 2 aliphatic carbocycles. The number of ether oxygens (including phenoxy) is 6. The third-order valence-electron chi connectivity index (χ3n) is 10.2. The zero-order chi connectivity index (χ0) is 28.7. The molecule has 0 bridgehead atoms. The van der Waals surface area contributed by atoms with Crippen LogP contribution in [0.1, 0.15) is 80.9 Å². The van der Waals surface area contributed by atoms with E-state index < -0.39 is 35.7 Å². The van der Waals surface area contributed by atoms with Gasteiger partial charge in [0.2, 0.25) is 0 Å². The summed E-state index contributed by atoms with van der Waals surface area (Å²) >= 11 is 0. The van der Waals surface area contributed by atoms with E-state index in [9.17, 15) is 0 Å². The zero-order valence-corrected chi connectivity index (χ0v) is 24.8. The summed E-state index contributed by atoms with van der Waals surface area (Å²) in [5.74, 6) is -1.12. The molecule has 6 heteroatoms. The number of benzene rings is 3. The van der Waals surface area contributed by atoms with Gasteiger partial charge in [-0.15, -0.1) is 0 Å². The summed E-state index contributed by atoms with van der Waals surface area (Å²) in [5.41, 5.74) is 2.23. The average molecular weight is 583 g/mol. The zero-order valence-electron chi connectivity index (χ0n) is 24.8. The summed E-state index contributed by atoms with van der Waals surface area (Å²) in [5, 5.41) is 0. The lowest BCUT2D eigenvalue weighted by molar-refractivity contribution is -0.267. The second-order valence-electron chi connectivity index (χ2n) is 12.9. The maximum absolute atomic E-state index is 7.64. The highest BCUT2D eigenvalue weighted by Gasteiger charge is 2.63. The predicted molar refractivity (Wildman–Crippen MR) is 161 cm³/mol. The highest BCUT2D eigenvalue weighted by atomic mass is 16.9. The molecular formula is C37H42O6. The van der Waals surface area contributed by atoms with Crippen LogP contribution in [-0.2, 0) is 34.0 Å². The van der Waals surface area contributed by atoms with E-state index in [2.05, 4.69) is 91.0 Å². The second-order valence-corrected chi connectivity index (χ2v) is 12.9. The second kappa shape index (κ2) is 11.4. The Morgan fingerprint density at radius 1 is 0.558 bits per heavy atom. The Morgan fingerprint density at radius 3 is 1.60 bits per heavy atom. The van der Waals surface area contributed by atoms with Crippen LogP contribution < -0.4 is 0 Å². The molecule has 3 aromatic carbocycles. The van der Waals surface area contributed by atoms with E-state index in [0.29, 0.717) is 6.61 Å². The maximum atomic E-state index is 7.64. The van der Waals surface area contributed by atoms with Crippen LogP contribution in [0.5, 0.6) is 0 Å². The smallest absolute Gasteiger partial charge is 0.190 e. The van der Waals surface area contributed by atoms with Crippen LogP contribution in [0.25, 0.3) is 0 Å². The maximum Gasteiger partial charge on any atom is 0.190 e. The van der Waals surface area contributed by atoms with E-state index in [-0.39, 0.29) is 12.2 Å². The summed E-state index contributed by atoms with van der Waals surface area (Å²) < 4.78 is 41.3. The number of hydrogen-bond donors (Lipinski definition) is 0. The molecule has 0 N–H and O–H groups in total. The summed E-state index contributed by atoms with van der Waals surface area (Å²) in [7, 11) is 0. The molecular weight excluding hydrogens is 540 g/mol. The standard InChI is InChI=1S/C37H42O6/c1-6-16-27(17-7-1)37(28-18-8-2-9-19-28,29-20-10-3-11-21-29)42-32-31(30-26-38-35(40-30)22-12-4-13-23-35)39-34-33(32)41-36(43-34)24-14-5-15-25-36/h1-3,6-11,16-21,30-34H,4-5,12-15,22-26H2/t30-,31+,32+,33+,34-/m0/s1. The molecule has 5 fully saturated rings. The van der Waals surface area contributed by atoms with E-state index in [1.54, 1.807) is 0 Å². The fraction of sp³-hybridized carbons (Fsp3) is 0.514.